The highest BCUT2D eigenvalue weighted by Crippen LogP contribution is 2.62. The normalized spacial score (nSPS) is 43.3. The molecule has 0 amide bonds. The van der Waals surface area contributed by atoms with Crippen molar-refractivity contribution in [2.45, 2.75) is 59.5 Å². The van der Waals surface area contributed by atoms with Crippen molar-refractivity contribution in [3.8, 4) is 0 Å². The van der Waals surface area contributed by atoms with Crippen LogP contribution >= 0.6 is 0 Å². The van der Waals surface area contributed by atoms with Crippen LogP contribution in [0.4, 0.5) is 0 Å². The Bertz CT molecular complexity index is 547. The topological polar surface area (TPSA) is 46.5 Å². The number of carbonyl (C=O) groups excluding carboxylic acids is 1. The van der Waals surface area contributed by atoms with Crippen LogP contribution < -0.4 is 0 Å². The SMILES string of the molecule is CC(C)C=CCC1(C)C(O)CCC2(C)C3COC(=O)C3=CCC12. The van der Waals surface area contributed by atoms with Crippen LogP contribution in [0.15, 0.2) is 23.8 Å². The van der Waals surface area contributed by atoms with Crippen molar-refractivity contribution < 1.29 is 14.6 Å². The highest BCUT2D eigenvalue weighted by molar-refractivity contribution is 5.91. The number of fused-ring (bicyclic) bond motifs is 3. The summed E-state index contributed by atoms with van der Waals surface area (Å²) in [6, 6.07) is 0. The van der Waals surface area contributed by atoms with Gasteiger partial charge < -0.3 is 9.84 Å². The van der Waals surface area contributed by atoms with Crippen molar-refractivity contribution in [1.29, 1.82) is 0 Å². The summed E-state index contributed by atoms with van der Waals surface area (Å²) in [4.78, 5) is 11.9. The second-order valence-electron chi connectivity index (χ2n) is 8.54. The van der Waals surface area contributed by atoms with Crippen molar-refractivity contribution >= 4 is 5.97 Å². The van der Waals surface area contributed by atoms with E-state index >= 15 is 0 Å². The molecular formula is C20H30O3. The first-order chi connectivity index (χ1) is 10.8. The number of esters is 1. The van der Waals surface area contributed by atoms with E-state index in [2.05, 4.69) is 45.9 Å². The molecule has 2 aliphatic carbocycles. The molecule has 0 radical (unpaired) electrons. The minimum Gasteiger partial charge on any atom is -0.462 e. The molecule has 3 rings (SSSR count). The van der Waals surface area contributed by atoms with Crippen LogP contribution in [-0.2, 0) is 9.53 Å². The lowest BCUT2D eigenvalue weighted by molar-refractivity contribution is -0.135. The lowest BCUT2D eigenvalue weighted by Gasteiger charge is -2.58. The van der Waals surface area contributed by atoms with E-state index in [1.54, 1.807) is 0 Å². The third-order valence-electron chi connectivity index (χ3n) is 6.75. The van der Waals surface area contributed by atoms with Gasteiger partial charge in [0.05, 0.1) is 12.7 Å². The van der Waals surface area contributed by atoms with Gasteiger partial charge >= 0.3 is 5.97 Å². The molecule has 1 aliphatic heterocycles. The molecule has 128 valence electrons. The fraction of sp³-hybridized carbons (Fsp3) is 0.750. The van der Waals surface area contributed by atoms with Crippen LogP contribution in [-0.4, -0.2) is 23.8 Å². The van der Waals surface area contributed by atoms with Gasteiger partial charge in [-0.25, -0.2) is 4.79 Å². The molecule has 23 heavy (non-hydrogen) atoms. The van der Waals surface area contributed by atoms with Gasteiger partial charge in [-0.2, -0.15) is 0 Å². The molecule has 5 atom stereocenters. The van der Waals surface area contributed by atoms with Crippen molar-refractivity contribution in [3.63, 3.8) is 0 Å². The Morgan fingerprint density at radius 1 is 1.43 bits per heavy atom. The second kappa shape index (κ2) is 5.77. The number of allylic oxidation sites excluding steroid dienone is 3. The zero-order chi connectivity index (χ0) is 16.8. The van der Waals surface area contributed by atoms with E-state index in [0.717, 1.165) is 31.3 Å². The predicted octanol–water partition coefficient (Wildman–Crippen LogP) is 3.88. The van der Waals surface area contributed by atoms with Gasteiger partial charge in [0.25, 0.3) is 0 Å². The Morgan fingerprint density at radius 3 is 2.87 bits per heavy atom. The van der Waals surface area contributed by atoms with Gasteiger partial charge in [0.2, 0.25) is 0 Å². The molecule has 1 N–H and O–H groups in total. The molecule has 3 nitrogen and oxygen atoms in total. The summed E-state index contributed by atoms with van der Waals surface area (Å²) in [6.45, 7) is 9.43. The van der Waals surface area contributed by atoms with Crippen LogP contribution in [0.5, 0.6) is 0 Å². The summed E-state index contributed by atoms with van der Waals surface area (Å²) in [7, 11) is 0. The zero-order valence-electron chi connectivity index (χ0n) is 14.8. The monoisotopic (exact) mass is 318 g/mol. The second-order valence-corrected chi connectivity index (χ2v) is 8.54. The maximum absolute atomic E-state index is 11.9. The van der Waals surface area contributed by atoms with E-state index in [-0.39, 0.29) is 28.8 Å². The first kappa shape index (κ1) is 16.8. The third kappa shape index (κ3) is 2.57. The Balaban J connectivity index is 1.92. The predicted molar refractivity (Wildman–Crippen MR) is 90.7 cm³/mol. The molecular weight excluding hydrogens is 288 g/mol. The third-order valence-corrected chi connectivity index (χ3v) is 6.75. The highest BCUT2D eigenvalue weighted by atomic mass is 16.5. The molecule has 0 spiro atoms. The van der Waals surface area contributed by atoms with Crippen molar-refractivity contribution in [1.82, 2.24) is 0 Å². The fourth-order valence-corrected chi connectivity index (χ4v) is 5.26. The molecule has 2 fully saturated rings. The molecule has 1 saturated carbocycles. The number of aliphatic hydroxyl groups is 1. The summed E-state index contributed by atoms with van der Waals surface area (Å²) in [6.07, 6.45) is 9.86. The van der Waals surface area contributed by atoms with E-state index in [4.69, 9.17) is 4.74 Å². The van der Waals surface area contributed by atoms with Gasteiger partial charge in [-0.3, -0.25) is 0 Å². The summed E-state index contributed by atoms with van der Waals surface area (Å²) in [5.74, 6) is 1.00. The van der Waals surface area contributed by atoms with Gasteiger partial charge in [-0.15, -0.1) is 0 Å². The summed E-state index contributed by atoms with van der Waals surface area (Å²) in [5.41, 5.74) is 0.808. The number of aliphatic hydroxyl groups excluding tert-OH is 1. The van der Waals surface area contributed by atoms with Crippen LogP contribution in [0.1, 0.15) is 53.4 Å². The van der Waals surface area contributed by atoms with Crippen LogP contribution in [0.3, 0.4) is 0 Å². The molecule has 1 heterocycles. The molecule has 3 heteroatoms. The number of hydrogen-bond donors (Lipinski definition) is 1. The van der Waals surface area contributed by atoms with Gasteiger partial charge in [0.1, 0.15) is 0 Å². The molecule has 5 unspecified atom stereocenters. The lowest BCUT2D eigenvalue weighted by atomic mass is 9.47. The number of carbonyl (C=O) groups is 1. The average Bonchev–Trinajstić information content (AvgIpc) is 2.86. The van der Waals surface area contributed by atoms with Gasteiger partial charge in [-0.1, -0.05) is 45.9 Å². The Morgan fingerprint density at radius 2 is 2.17 bits per heavy atom. The van der Waals surface area contributed by atoms with Crippen molar-refractivity contribution in [2.75, 3.05) is 6.61 Å². The van der Waals surface area contributed by atoms with E-state index in [1.807, 2.05) is 0 Å². The summed E-state index contributed by atoms with van der Waals surface area (Å²) >= 11 is 0. The van der Waals surface area contributed by atoms with E-state index in [0.29, 0.717) is 18.4 Å². The Hall–Kier alpha value is -1.09. The van der Waals surface area contributed by atoms with Gasteiger partial charge in [0.15, 0.2) is 0 Å². The maximum Gasteiger partial charge on any atom is 0.334 e. The number of hydrogen-bond acceptors (Lipinski definition) is 3. The molecule has 0 aromatic carbocycles. The van der Waals surface area contributed by atoms with Crippen molar-refractivity contribution in [2.24, 2.45) is 28.6 Å². The summed E-state index contributed by atoms with van der Waals surface area (Å²) in [5, 5.41) is 10.8. The van der Waals surface area contributed by atoms with E-state index in [1.165, 1.54) is 0 Å². The number of rotatable bonds is 3. The zero-order valence-corrected chi connectivity index (χ0v) is 14.8. The van der Waals surface area contributed by atoms with Crippen LogP contribution in [0.2, 0.25) is 0 Å². The highest BCUT2D eigenvalue weighted by Gasteiger charge is 2.59. The van der Waals surface area contributed by atoms with Gasteiger partial charge in [0, 0.05) is 16.9 Å². The van der Waals surface area contributed by atoms with Gasteiger partial charge in [-0.05, 0) is 42.9 Å². The van der Waals surface area contributed by atoms with Crippen LogP contribution in [0.25, 0.3) is 0 Å². The quantitative estimate of drug-likeness (QED) is 0.634. The largest absolute Gasteiger partial charge is 0.462 e. The van der Waals surface area contributed by atoms with E-state index in [9.17, 15) is 9.90 Å². The summed E-state index contributed by atoms with van der Waals surface area (Å²) < 4.78 is 5.34. The first-order valence-electron chi connectivity index (χ1n) is 9.01. The minimum atomic E-state index is -0.273. The average molecular weight is 318 g/mol. The maximum atomic E-state index is 11.9. The number of ether oxygens (including phenoxy) is 1. The fourth-order valence-electron chi connectivity index (χ4n) is 5.26. The first-order valence-corrected chi connectivity index (χ1v) is 9.01. The van der Waals surface area contributed by atoms with E-state index < -0.39 is 0 Å². The number of cyclic esters (lactones) is 1. The molecule has 1 saturated heterocycles. The Labute approximate surface area is 139 Å². The van der Waals surface area contributed by atoms with Crippen LogP contribution in [0, 0.1) is 28.6 Å². The Kier molecular flexibility index (Phi) is 4.20. The molecule has 0 aromatic heterocycles. The molecule has 0 bridgehead atoms. The standard InChI is InChI=1S/C20H30O3/c1-13(2)6-5-10-20(4)16-8-7-14-15(12-23-18(14)22)19(16,3)11-9-17(20)21/h5-7,13,15-17,21H,8-12H2,1-4H3. The lowest BCUT2D eigenvalue weighted by Crippen LogP contribution is -2.55. The molecule has 3 aliphatic rings. The van der Waals surface area contributed by atoms with Crippen molar-refractivity contribution in [3.05, 3.63) is 23.8 Å². The minimum absolute atomic E-state index is 0.0515. The molecule has 0 aromatic rings. The smallest absolute Gasteiger partial charge is 0.334 e.